The largest absolute Gasteiger partial charge is 0.358 e. The number of hydrogen-bond acceptors (Lipinski definition) is 4. The second kappa shape index (κ2) is 3.95. The molecule has 0 atom stereocenters. The fraction of sp³-hybridized carbons (Fsp3) is 0.143. The lowest BCUT2D eigenvalue weighted by atomic mass is 10.2. The predicted molar refractivity (Wildman–Crippen MR) is 44.1 cm³/mol. The second-order valence-electron chi connectivity index (χ2n) is 2.52. The average Bonchev–Trinajstić information content (AvgIpc) is 2.15. The lowest BCUT2D eigenvalue weighted by Crippen LogP contribution is -2.15. The Labute approximate surface area is 80.7 Å². The summed E-state index contributed by atoms with van der Waals surface area (Å²) in [6, 6.07) is 0.411. The van der Waals surface area contributed by atoms with Gasteiger partial charge in [-0.2, -0.15) is 0 Å². The molecule has 0 saturated heterocycles. The minimum Gasteiger partial charge on any atom is -0.358 e. The summed E-state index contributed by atoms with van der Waals surface area (Å²) in [7, 11) is 0. The number of pyridine rings is 1. The molecule has 0 unspecified atom stereocenters. The maximum Gasteiger partial charge on any atom is 0.325 e. The number of aromatic amines is 1. The molecular formula is C7H4F2N2O4. The van der Waals surface area contributed by atoms with Crippen LogP contribution in [-0.4, -0.2) is 16.2 Å². The first kappa shape index (κ1) is 11.0. The Bertz CT molecular complexity index is 469. The normalized spacial score (nSPS) is 10.3. The van der Waals surface area contributed by atoms with Gasteiger partial charge in [0.1, 0.15) is 5.56 Å². The molecule has 0 aliphatic carbocycles. The van der Waals surface area contributed by atoms with Gasteiger partial charge in [-0.05, 0) is 4.92 Å². The second-order valence-corrected chi connectivity index (χ2v) is 2.52. The topological polar surface area (TPSA) is 93.1 Å². The van der Waals surface area contributed by atoms with Gasteiger partial charge in [0.25, 0.3) is 6.43 Å². The number of nitrogens with one attached hydrogen (secondary N) is 1. The van der Waals surface area contributed by atoms with Crippen molar-refractivity contribution < 1.29 is 18.5 Å². The minimum absolute atomic E-state index is 0.0596. The summed E-state index contributed by atoms with van der Waals surface area (Å²) in [6.07, 6.45) is -3.22. The summed E-state index contributed by atoms with van der Waals surface area (Å²) < 4.78 is 24.5. The zero-order valence-corrected chi connectivity index (χ0v) is 7.07. The molecule has 1 N–H and O–H groups in total. The third-order valence-corrected chi connectivity index (χ3v) is 1.62. The van der Waals surface area contributed by atoms with Gasteiger partial charge in [-0.1, -0.05) is 0 Å². The lowest BCUT2D eigenvalue weighted by molar-refractivity contribution is -0.389. The van der Waals surface area contributed by atoms with E-state index in [2.05, 4.69) is 0 Å². The molecule has 1 aromatic rings. The summed E-state index contributed by atoms with van der Waals surface area (Å²) in [6.45, 7) is 0. The van der Waals surface area contributed by atoms with E-state index in [0.717, 1.165) is 0 Å². The van der Waals surface area contributed by atoms with Gasteiger partial charge in [-0.3, -0.25) is 9.59 Å². The first-order valence-corrected chi connectivity index (χ1v) is 3.62. The van der Waals surface area contributed by atoms with Gasteiger partial charge in [0.2, 0.25) is 0 Å². The van der Waals surface area contributed by atoms with E-state index >= 15 is 0 Å². The van der Waals surface area contributed by atoms with Crippen LogP contribution in [0, 0.1) is 10.1 Å². The third kappa shape index (κ3) is 2.03. The van der Waals surface area contributed by atoms with Gasteiger partial charge in [0.05, 0.1) is 6.07 Å². The van der Waals surface area contributed by atoms with Crippen molar-refractivity contribution >= 4 is 12.1 Å². The summed E-state index contributed by atoms with van der Waals surface area (Å²) in [5.74, 6) is -0.800. The molecular weight excluding hydrogens is 214 g/mol. The van der Waals surface area contributed by atoms with Crippen LogP contribution in [0.5, 0.6) is 0 Å². The van der Waals surface area contributed by atoms with Gasteiger partial charge < -0.3 is 10.1 Å². The van der Waals surface area contributed by atoms with Crippen LogP contribution in [0.3, 0.4) is 0 Å². The molecule has 15 heavy (non-hydrogen) atoms. The highest BCUT2D eigenvalue weighted by Gasteiger charge is 2.22. The number of hydrogen-bond donors (Lipinski definition) is 1. The maximum absolute atomic E-state index is 12.3. The van der Waals surface area contributed by atoms with Gasteiger partial charge in [0.15, 0.2) is 17.4 Å². The number of H-pyrrole nitrogens is 1. The van der Waals surface area contributed by atoms with Gasteiger partial charge >= 0.3 is 5.82 Å². The molecule has 8 heteroatoms. The van der Waals surface area contributed by atoms with E-state index in [1.165, 1.54) is 0 Å². The van der Waals surface area contributed by atoms with E-state index in [0.29, 0.717) is 6.07 Å². The number of halogens is 2. The van der Waals surface area contributed by atoms with Crippen molar-refractivity contribution in [2.24, 2.45) is 0 Å². The van der Waals surface area contributed by atoms with E-state index in [-0.39, 0.29) is 6.29 Å². The minimum atomic E-state index is -3.16. The number of nitrogens with zero attached hydrogens (tertiary/aromatic N) is 1. The molecule has 0 saturated carbocycles. The average molecular weight is 218 g/mol. The van der Waals surface area contributed by atoms with Crippen LogP contribution in [0.25, 0.3) is 0 Å². The maximum atomic E-state index is 12.3. The first-order valence-electron chi connectivity index (χ1n) is 3.62. The summed E-state index contributed by atoms with van der Waals surface area (Å²) in [5.41, 5.74) is -3.07. The Kier molecular flexibility index (Phi) is 2.88. The highest BCUT2D eigenvalue weighted by Crippen LogP contribution is 2.18. The molecule has 0 spiro atoms. The van der Waals surface area contributed by atoms with Crippen molar-refractivity contribution in [2.45, 2.75) is 6.43 Å². The Hall–Kier alpha value is -2.12. The molecule has 1 rings (SSSR count). The molecule has 0 bridgehead atoms. The number of carbonyl (C=O) groups excluding carboxylic acids is 1. The Balaban J connectivity index is 3.51. The van der Waals surface area contributed by atoms with E-state index in [1.807, 2.05) is 4.98 Å². The fourth-order valence-electron chi connectivity index (χ4n) is 0.992. The van der Waals surface area contributed by atoms with Crippen LogP contribution < -0.4 is 5.43 Å². The number of rotatable bonds is 3. The standard InChI is InChI=1S/C7H4F2N2O4/c8-7(9)6-3(2-12)10-5(11(14)15)1-4(6)13/h1-2,7H,(H,10,13). The van der Waals surface area contributed by atoms with E-state index in [4.69, 9.17) is 0 Å². The predicted octanol–water partition coefficient (Wildman–Crippen LogP) is 1.03. The number of nitro groups is 1. The van der Waals surface area contributed by atoms with Crippen LogP contribution in [0.15, 0.2) is 10.9 Å². The lowest BCUT2D eigenvalue weighted by Gasteiger charge is -2.00. The van der Waals surface area contributed by atoms with Crippen molar-refractivity contribution in [3.63, 3.8) is 0 Å². The fourth-order valence-corrected chi connectivity index (χ4v) is 0.992. The number of aromatic nitrogens is 1. The zero-order chi connectivity index (χ0) is 11.6. The zero-order valence-electron chi connectivity index (χ0n) is 7.07. The van der Waals surface area contributed by atoms with Crippen molar-refractivity contribution in [3.05, 3.63) is 37.7 Å². The van der Waals surface area contributed by atoms with Crippen molar-refractivity contribution in [1.82, 2.24) is 4.98 Å². The quantitative estimate of drug-likeness (QED) is 0.465. The number of alkyl halides is 2. The SMILES string of the molecule is O=Cc1[nH]c([N+](=O)[O-])cc(=O)c1C(F)F. The number of carbonyl (C=O) groups is 1. The third-order valence-electron chi connectivity index (χ3n) is 1.62. The number of aldehydes is 1. The monoisotopic (exact) mass is 218 g/mol. The highest BCUT2D eigenvalue weighted by atomic mass is 19.3. The molecule has 0 fully saturated rings. The molecule has 0 radical (unpaired) electrons. The van der Waals surface area contributed by atoms with Crippen molar-refractivity contribution in [1.29, 1.82) is 0 Å². The van der Waals surface area contributed by atoms with Gasteiger partial charge in [-0.15, -0.1) is 0 Å². The molecule has 0 aliphatic rings. The van der Waals surface area contributed by atoms with Gasteiger partial charge in [-0.25, -0.2) is 13.8 Å². The van der Waals surface area contributed by atoms with E-state index in [1.54, 1.807) is 0 Å². The van der Waals surface area contributed by atoms with Crippen LogP contribution in [0.1, 0.15) is 22.5 Å². The first-order chi connectivity index (χ1) is 6.97. The molecule has 0 aromatic carbocycles. The molecule has 80 valence electrons. The molecule has 1 aromatic heterocycles. The molecule has 0 aliphatic heterocycles. The van der Waals surface area contributed by atoms with Crippen LogP contribution in [0.4, 0.5) is 14.6 Å². The van der Waals surface area contributed by atoms with Crippen LogP contribution >= 0.6 is 0 Å². The van der Waals surface area contributed by atoms with E-state index < -0.39 is 33.9 Å². The molecule has 0 amide bonds. The summed E-state index contributed by atoms with van der Waals surface area (Å²) in [4.78, 5) is 32.4. The Morgan fingerprint density at radius 3 is 2.53 bits per heavy atom. The Morgan fingerprint density at radius 1 is 1.53 bits per heavy atom. The van der Waals surface area contributed by atoms with Crippen molar-refractivity contribution in [3.8, 4) is 0 Å². The van der Waals surface area contributed by atoms with E-state index in [9.17, 15) is 28.5 Å². The summed E-state index contributed by atoms with van der Waals surface area (Å²) >= 11 is 0. The van der Waals surface area contributed by atoms with Crippen LogP contribution in [-0.2, 0) is 0 Å². The van der Waals surface area contributed by atoms with Crippen molar-refractivity contribution in [2.75, 3.05) is 0 Å². The molecule has 6 nitrogen and oxygen atoms in total. The highest BCUT2D eigenvalue weighted by molar-refractivity contribution is 5.74. The smallest absolute Gasteiger partial charge is 0.325 e. The summed E-state index contributed by atoms with van der Waals surface area (Å²) in [5, 5.41) is 10.2. The van der Waals surface area contributed by atoms with Gasteiger partial charge in [0, 0.05) is 0 Å². The molecule has 1 heterocycles. The van der Waals surface area contributed by atoms with Crippen LogP contribution in [0.2, 0.25) is 0 Å². The Morgan fingerprint density at radius 2 is 2.13 bits per heavy atom.